The van der Waals surface area contributed by atoms with Crippen LogP contribution in [0, 0.1) is 0 Å². The maximum Gasteiger partial charge on any atom is 0.289 e. The number of benzene rings is 1. The van der Waals surface area contributed by atoms with E-state index >= 15 is 0 Å². The van der Waals surface area contributed by atoms with E-state index in [2.05, 4.69) is 4.99 Å². The van der Waals surface area contributed by atoms with E-state index in [1.165, 1.54) is 22.7 Å². The molecule has 0 aliphatic heterocycles. The lowest BCUT2D eigenvalue weighted by Gasteiger charge is -2.06. The number of methoxy groups -OCH3 is 2. The number of nitrogens with zero attached hydrogens (tertiary/aromatic N) is 2. The molecule has 120 valence electrons. The van der Waals surface area contributed by atoms with E-state index in [1.807, 2.05) is 23.7 Å². The number of halogens is 1. The normalized spacial score (nSPS) is 11.9. The van der Waals surface area contributed by atoms with Crippen LogP contribution in [0.5, 0.6) is 11.5 Å². The molecule has 0 atom stereocenters. The molecule has 1 aromatic carbocycles. The first kappa shape index (κ1) is 16.0. The minimum absolute atomic E-state index is 0.318. The fourth-order valence-electron chi connectivity index (χ4n) is 2.20. The first-order valence-electron chi connectivity index (χ1n) is 6.60. The standard InChI is InChI=1S/C15H13ClN2O3S2/c1-18-12-8(20-2)4-5-9(21-3)13(12)23-15(18)17-14(19)10-6-7-11(16)22-10/h4-7H,1-3H3. The SMILES string of the molecule is COc1ccc(OC)c2c1sc(=NC(=O)c1ccc(Cl)s1)n2C. The van der Waals surface area contributed by atoms with Crippen molar-refractivity contribution >= 4 is 50.4 Å². The lowest BCUT2D eigenvalue weighted by molar-refractivity contribution is 0.100. The highest BCUT2D eigenvalue weighted by atomic mass is 35.5. The Bertz CT molecular complexity index is 955. The average molecular weight is 369 g/mol. The number of thiophene rings is 1. The van der Waals surface area contributed by atoms with Gasteiger partial charge in [-0.15, -0.1) is 11.3 Å². The van der Waals surface area contributed by atoms with Crippen LogP contribution < -0.4 is 14.3 Å². The quantitative estimate of drug-likeness (QED) is 0.708. The number of carbonyl (C=O) groups excluding carboxylic acids is 1. The molecule has 3 rings (SSSR count). The Labute approximate surface area is 145 Å². The molecular formula is C15H13ClN2O3S2. The molecule has 0 radical (unpaired) electrons. The summed E-state index contributed by atoms with van der Waals surface area (Å²) in [6.07, 6.45) is 0. The van der Waals surface area contributed by atoms with Gasteiger partial charge >= 0.3 is 0 Å². The molecule has 0 spiro atoms. The second kappa shape index (κ2) is 6.35. The molecule has 23 heavy (non-hydrogen) atoms. The molecule has 0 unspecified atom stereocenters. The van der Waals surface area contributed by atoms with Gasteiger partial charge in [-0.2, -0.15) is 4.99 Å². The highest BCUT2D eigenvalue weighted by Gasteiger charge is 2.15. The molecule has 2 heterocycles. The van der Waals surface area contributed by atoms with Gasteiger partial charge < -0.3 is 14.0 Å². The summed E-state index contributed by atoms with van der Waals surface area (Å²) in [6, 6.07) is 7.03. The number of thiazole rings is 1. The van der Waals surface area contributed by atoms with Crippen molar-refractivity contribution in [1.29, 1.82) is 0 Å². The van der Waals surface area contributed by atoms with Crippen LogP contribution in [-0.4, -0.2) is 24.7 Å². The Balaban J connectivity index is 2.20. The molecule has 0 aliphatic carbocycles. The predicted molar refractivity (Wildman–Crippen MR) is 93.1 cm³/mol. The number of ether oxygens (including phenoxy) is 2. The number of hydrogen-bond donors (Lipinski definition) is 0. The van der Waals surface area contributed by atoms with Gasteiger partial charge in [-0.25, -0.2) is 0 Å². The van der Waals surface area contributed by atoms with Crippen molar-refractivity contribution in [3.8, 4) is 11.5 Å². The number of rotatable bonds is 3. The van der Waals surface area contributed by atoms with Crippen molar-refractivity contribution in [1.82, 2.24) is 4.57 Å². The summed E-state index contributed by atoms with van der Waals surface area (Å²) in [6.45, 7) is 0. The lowest BCUT2D eigenvalue weighted by atomic mass is 10.3. The van der Waals surface area contributed by atoms with Crippen molar-refractivity contribution in [2.24, 2.45) is 12.0 Å². The van der Waals surface area contributed by atoms with E-state index in [9.17, 15) is 4.79 Å². The summed E-state index contributed by atoms with van der Waals surface area (Å²) in [5, 5.41) is 0. The predicted octanol–water partition coefficient (Wildman–Crippen LogP) is 3.71. The first-order chi connectivity index (χ1) is 11.0. The van der Waals surface area contributed by atoms with Crippen LogP contribution in [0.15, 0.2) is 29.3 Å². The van der Waals surface area contributed by atoms with Crippen LogP contribution in [0.4, 0.5) is 0 Å². The third-order valence-electron chi connectivity index (χ3n) is 3.30. The van der Waals surface area contributed by atoms with Crippen molar-refractivity contribution in [2.45, 2.75) is 0 Å². The molecule has 5 nitrogen and oxygen atoms in total. The molecule has 1 amide bonds. The van der Waals surface area contributed by atoms with Crippen LogP contribution in [0.1, 0.15) is 9.67 Å². The number of hydrogen-bond acceptors (Lipinski definition) is 5. The number of fused-ring (bicyclic) bond motifs is 1. The van der Waals surface area contributed by atoms with Crippen molar-refractivity contribution in [3.63, 3.8) is 0 Å². The van der Waals surface area contributed by atoms with Crippen molar-refractivity contribution in [2.75, 3.05) is 14.2 Å². The van der Waals surface area contributed by atoms with E-state index in [1.54, 1.807) is 26.4 Å². The largest absolute Gasteiger partial charge is 0.495 e. The minimum atomic E-state index is -0.318. The summed E-state index contributed by atoms with van der Waals surface area (Å²) >= 11 is 8.46. The van der Waals surface area contributed by atoms with Gasteiger partial charge in [0, 0.05) is 7.05 Å². The monoisotopic (exact) mass is 368 g/mol. The fraction of sp³-hybridized carbons (Fsp3) is 0.200. The van der Waals surface area contributed by atoms with Gasteiger partial charge in [0.15, 0.2) is 4.80 Å². The smallest absolute Gasteiger partial charge is 0.289 e. The molecule has 0 saturated heterocycles. The summed E-state index contributed by atoms with van der Waals surface area (Å²) < 4.78 is 14.1. The maximum absolute atomic E-state index is 12.3. The van der Waals surface area contributed by atoms with Crippen LogP contribution in [-0.2, 0) is 7.05 Å². The molecule has 0 N–H and O–H groups in total. The minimum Gasteiger partial charge on any atom is -0.495 e. The van der Waals surface area contributed by atoms with E-state index in [0.29, 0.717) is 19.8 Å². The third-order valence-corrected chi connectivity index (χ3v) is 5.66. The second-order valence-corrected chi connectivity index (χ2v) is 7.30. The zero-order valence-corrected chi connectivity index (χ0v) is 15.0. The maximum atomic E-state index is 12.3. The van der Waals surface area contributed by atoms with Gasteiger partial charge in [-0.1, -0.05) is 22.9 Å². The van der Waals surface area contributed by atoms with Gasteiger partial charge in [0.25, 0.3) is 5.91 Å². The van der Waals surface area contributed by atoms with Gasteiger partial charge in [0.1, 0.15) is 21.7 Å². The van der Waals surface area contributed by atoms with Crippen LogP contribution in [0.2, 0.25) is 4.34 Å². The topological polar surface area (TPSA) is 52.8 Å². The Morgan fingerprint density at radius 1 is 1.13 bits per heavy atom. The zero-order valence-electron chi connectivity index (χ0n) is 12.6. The fourth-order valence-corrected chi connectivity index (χ4v) is 4.25. The Morgan fingerprint density at radius 3 is 2.43 bits per heavy atom. The second-order valence-electron chi connectivity index (χ2n) is 4.61. The van der Waals surface area contributed by atoms with Gasteiger partial charge in [0.2, 0.25) is 0 Å². The van der Waals surface area contributed by atoms with E-state index < -0.39 is 0 Å². The number of aryl methyl sites for hydroxylation is 1. The Morgan fingerprint density at radius 2 is 1.83 bits per heavy atom. The Kier molecular flexibility index (Phi) is 4.43. The Hall–Kier alpha value is -1.83. The molecule has 0 aliphatic rings. The summed E-state index contributed by atoms with van der Waals surface area (Å²) in [4.78, 5) is 17.6. The van der Waals surface area contributed by atoms with E-state index in [4.69, 9.17) is 21.1 Å². The van der Waals surface area contributed by atoms with E-state index in [0.717, 1.165) is 16.0 Å². The summed E-state index contributed by atoms with van der Waals surface area (Å²) in [7, 11) is 5.05. The highest BCUT2D eigenvalue weighted by molar-refractivity contribution is 7.18. The third kappa shape index (κ3) is 2.87. The van der Waals surface area contributed by atoms with Crippen LogP contribution >= 0.6 is 34.3 Å². The molecule has 0 saturated carbocycles. The van der Waals surface area contributed by atoms with Gasteiger partial charge in [-0.3, -0.25) is 4.79 Å². The molecule has 2 aromatic heterocycles. The summed E-state index contributed by atoms with van der Waals surface area (Å²) in [5.41, 5.74) is 0.840. The van der Waals surface area contributed by atoms with Crippen LogP contribution in [0.25, 0.3) is 10.2 Å². The first-order valence-corrected chi connectivity index (χ1v) is 8.61. The van der Waals surface area contributed by atoms with E-state index in [-0.39, 0.29) is 5.91 Å². The van der Waals surface area contributed by atoms with Crippen molar-refractivity contribution < 1.29 is 14.3 Å². The van der Waals surface area contributed by atoms with Crippen LogP contribution in [0.3, 0.4) is 0 Å². The molecular weight excluding hydrogens is 356 g/mol. The molecule has 8 heteroatoms. The number of amides is 1. The highest BCUT2D eigenvalue weighted by Crippen LogP contribution is 2.34. The molecule has 0 fully saturated rings. The van der Waals surface area contributed by atoms with Gasteiger partial charge in [0.05, 0.1) is 23.4 Å². The van der Waals surface area contributed by atoms with Crippen molar-refractivity contribution in [3.05, 3.63) is 38.3 Å². The molecule has 3 aromatic rings. The number of aromatic nitrogens is 1. The number of carbonyl (C=O) groups is 1. The average Bonchev–Trinajstić information content (AvgIpc) is 3.11. The zero-order chi connectivity index (χ0) is 16.6. The lowest BCUT2D eigenvalue weighted by Crippen LogP contribution is -2.13. The van der Waals surface area contributed by atoms with Gasteiger partial charge in [-0.05, 0) is 24.3 Å². The summed E-state index contributed by atoms with van der Waals surface area (Å²) in [5.74, 6) is 1.10. The molecule has 0 bridgehead atoms.